The van der Waals surface area contributed by atoms with E-state index in [-0.39, 0.29) is 5.91 Å². The zero-order valence-electron chi connectivity index (χ0n) is 10.1. The van der Waals surface area contributed by atoms with Crippen molar-refractivity contribution in [2.24, 2.45) is 0 Å². The van der Waals surface area contributed by atoms with Crippen molar-refractivity contribution in [3.05, 3.63) is 65.7 Å². The molecule has 0 aliphatic carbocycles. The molecule has 0 radical (unpaired) electrons. The first-order valence-electron chi connectivity index (χ1n) is 5.77. The van der Waals surface area contributed by atoms with Gasteiger partial charge in [-0.1, -0.05) is 30.3 Å². The van der Waals surface area contributed by atoms with Crippen LogP contribution in [0.3, 0.4) is 0 Å². The number of para-hydroxylation sites is 1. The van der Waals surface area contributed by atoms with Crippen molar-refractivity contribution in [2.75, 3.05) is 5.32 Å². The Hall–Kier alpha value is -2.16. The summed E-state index contributed by atoms with van der Waals surface area (Å²) >= 11 is 0. The number of halogens is 1. The molecule has 18 heavy (non-hydrogen) atoms. The predicted molar refractivity (Wildman–Crippen MR) is 70.4 cm³/mol. The van der Waals surface area contributed by atoms with Crippen molar-refractivity contribution >= 4 is 11.6 Å². The highest BCUT2D eigenvalue weighted by Crippen LogP contribution is 2.17. The topological polar surface area (TPSA) is 29.1 Å². The molecular weight excluding hydrogens is 229 g/mol. The lowest BCUT2D eigenvalue weighted by molar-refractivity contribution is 0.102. The molecule has 0 bridgehead atoms. The van der Waals surface area contributed by atoms with Crippen molar-refractivity contribution in [3.63, 3.8) is 0 Å². The van der Waals surface area contributed by atoms with E-state index in [4.69, 9.17) is 0 Å². The van der Waals surface area contributed by atoms with Crippen LogP contribution >= 0.6 is 0 Å². The second-order valence-corrected chi connectivity index (χ2v) is 4.06. The van der Waals surface area contributed by atoms with Gasteiger partial charge in [0.1, 0.15) is 6.17 Å². The van der Waals surface area contributed by atoms with Gasteiger partial charge < -0.3 is 5.32 Å². The van der Waals surface area contributed by atoms with Gasteiger partial charge in [0.15, 0.2) is 0 Å². The molecule has 0 aliphatic rings. The van der Waals surface area contributed by atoms with Gasteiger partial charge in [-0.15, -0.1) is 0 Å². The van der Waals surface area contributed by atoms with Crippen LogP contribution < -0.4 is 5.32 Å². The lowest BCUT2D eigenvalue weighted by Gasteiger charge is -2.06. The van der Waals surface area contributed by atoms with E-state index in [1.165, 1.54) is 6.92 Å². The number of benzene rings is 2. The van der Waals surface area contributed by atoms with E-state index in [2.05, 4.69) is 5.32 Å². The predicted octanol–water partition coefficient (Wildman–Crippen LogP) is 3.97. The summed E-state index contributed by atoms with van der Waals surface area (Å²) < 4.78 is 13.0. The summed E-state index contributed by atoms with van der Waals surface area (Å²) in [7, 11) is 0. The molecule has 2 aromatic carbocycles. The van der Waals surface area contributed by atoms with Crippen LogP contribution in [-0.2, 0) is 0 Å². The molecule has 0 spiro atoms. The van der Waals surface area contributed by atoms with Crippen LogP contribution in [0.2, 0.25) is 0 Å². The number of hydrogen-bond acceptors (Lipinski definition) is 1. The van der Waals surface area contributed by atoms with Crippen LogP contribution in [0.1, 0.15) is 29.0 Å². The summed E-state index contributed by atoms with van der Waals surface area (Å²) in [4.78, 5) is 11.9. The molecular formula is C15H14FNO. The van der Waals surface area contributed by atoms with Gasteiger partial charge in [0.05, 0.1) is 0 Å². The molecule has 1 atom stereocenters. The summed E-state index contributed by atoms with van der Waals surface area (Å²) in [5.41, 5.74) is 1.83. The second kappa shape index (κ2) is 5.45. The first-order valence-corrected chi connectivity index (χ1v) is 5.77. The van der Waals surface area contributed by atoms with Crippen molar-refractivity contribution in [2.45, 2.75) is 13.1 Å². The number of carbonyl (C=O) groups excluding carboxylic acids is 1. The minimum absolute atomic E-state index is 0.195. The largest absolute Gasteiger partial charge is 0.322 e. The zero-order valence-corrected chi connectivity index (χ0v) is 10.1. The van der Waals surface area contributed by atoms with Crippen LogP contribution in [0.4, 0.5) is 10.1 Å². The third-order valence-corrected chi connectivity index (χ3v) is 2.66. The minimum Gasteiger partial charge on any atom is -0.322 e. The molecule has 1 unspecified atom stereocenters. The Bertz CT molecular complexity index is 520. The Kier molecular flexibility index (Phi) is 3.72. The van der Waals surface area contributed by atoms with Crippen LogP contribution in [0, 0.1) is 0 Å². The smallest absolute Gasteiger partial charge is 0.255 e. The number of rotatable bonds is 3. The van der Waals surface area contributed by atoms with Crippen LogP contribution in [-0.4, -0.2) is 5.91 Å². The summed E-state index contributed by atoms with van der Waals surface area (Å²) in [5.74, 6) is -0.195. The fourth-order valence-electron chi connectivity index (χ4n) is 1.62. The van der Waals surface area contributed by atoms with E-state index in [0.29, 0.717) is 11.1 Å². The maximum atomic E-state index is 13.0. The van der Waals surface area contributed by atoms with Crippen LogP contribution in [0.5, 0.6) is 0 Å². The fraction of sp³-hybridized carbons (Fsp3) is 0.133. The number of amides is 1. The van der Waals surface area contributed by atoms with Gasteiger partial charge in [-0.3, -0.25) is 4.79 Å². The van der Waals surface area contributed by atoms with Gasteiger partial charge >= 0.3 is 0 Å². The van der Waals surface area contributed by atoms with E-state index < -0.39 is 6.17 Å². The number of hydrogen-bond donors (Lipinski definition) is 1. The molecule has 1 amide bonds. The first kappa shape index (κ1) is 12.3. The van der Waals surface area contributed by atoms with Crippen molar-refractivity contribution in [1.82, 2.24) is 0 Å². The highest BCUT2D eigenvalue weighted by molar-refractivity contribution is 6.04. The van der Waals surface area contributed by atoms with E-state index in [1.807, 2.05) is 30.3 Å². The molecule has 2 nitrogen and oxygen atoms in total. The molecule has 0 saturated carbocycles. The Morgan fingerprint density at radius 1 is 1.06 bits per heavy atom. The molecule has 92 valence electrons. The van der Waals surface area contributed by atoms with Gasteiger partial charge in [-0.2, -0.15) is 0 Å². The van der Waals surface area contributed by atoms with E-state index in [1.54, 1.807) is 24.3 Å². The second-order valence-electron chi connectivity index (χ2n) is 4.06. The Labute approximate surface area is 105 Å². The zero-order chi connectivity index (χ0) is 13.0. The number of anilines is 1. The van der Waals surface area contributed by atoms with Crippen molar-refractivity contribution in [3.8, 4) is 0 Å². The third kappa shape index (κ3) is 2.94. The summed E-state index contributed by atoms with van der Waals surface area (Å²) in [6, 6.07) is 15.7. The lowest BCUT2D eigenvalue weighted by Crippen LogP contribution is -2.11. The SMILES string of the molecule is CC(F)c1ccc(C(=O)Nc2ccccc2)cc1. The van der Waals surface area contributed by atoms with Crippen molar-refractivity contribution in [1.29, 1.82) is 0 Å². The first-order chi connectivity index (χ1) is 8.66. The molecule has 0 aliphatic heterocycles. The average molecular weight is 243 g/mol. The molecule has 0 heterocycles. The minimum atomic E-state index is -1.02. The number of nitrogens with one attached hydrogen (secondary N) is 1. The lowest BCUT2D eigenvalue weighted by atomic mass is 10.1. The fourth-order valence-corrected chi connectivity index (χ4v) is 1.62. The van der Waals surface area contributed by atoms with E-state index in [0.717, 1.165) is 5.69 Å². The van der Waals surface area contributed by atoms with Crippen molar-refractivity contribution < 1.29 is 9.18 Å². The molecule has 1 N–H and O–H groups in total. The quantitative estimate of drug-likeness (QED) is 0.868. The van der Waals surface area contributed by atoms with Gasteiger partial charge in [-0.05, 0) is 36.8 Å². The Morgan fingerprint density at radius 2 is 1.67 bits per heavy atom. The molecule has 0 saturated heterocycles. The van der Waals surface area contributed by atoms with E-state index in [9.17, 15) is 9.18 Å². The van der Waals surface area contributed by atoms with Gasteiger partial charge in [0, 0.05) is 11.3 Å². The van der Waals surface area contributed by atoms with Crippen LogP contribution in [0.15, 0.2) is 54.6 Å². The highest BCUT2D eigenvalue weighted by Gasteiger charge is 2.07. The van der Waals surface area contributed by atoms with Gasteiger partial charge in [-0.25, -0.2) is 4.39 Å². The Balaban J connectivity index is 2.10. The number of alkyl halides is 1. The monoisotopic (exact) mass is 243 g/mol. The summed E-state index contributed by atoms with van der Waals surface area (Å²) in [5, 5.41) is 2.77. The summed E-state index contributed by atoms with van der Waals surface area (Å²) in [6.45, 7) is 1.47. The molecule has 2 aromatic rings. The molecule has 3 heteroatoms. The van der Waals surface area contributed by atoms with Gasteiger partial charge in [0.2, 0.25) is 0 Å². The van der Waals surface area contributed by atoms with Crippen LogP contribution in [0.25, 0.3) is 0 Å². The highest BCUT2D eigenvalue weighted by atomic mass is 19.1. The van der Waals surface area contributed by atoms with E-state index >= 15 is 0 Å². The third-order valence-electron chi connectivity index (χ3n) is 2.66. The maximum Gasteiger partial charge on any atom is 0.255 e. The Morgan fingerprint density at radius 3 is 2.22 bits per heavy atom. The normalized spacial score (nSPS) is 11.9. The standard InChI is InChI=1S/C15H14FNO/c1-11(16)12-7-9-13(10-8-12)15(18)17-14-5-3-2-4-6-14/h2-11H,1H3,(H,17,18). The maximum absolute atomic E-state index is 13.0. The molecule has 2 rings (SSSR count). The molecule has 0 aromatic heterocycles. The van der Waals surface area contributed by atoms with Gasteiger partial charge in [0.25, 0.3) is 5.91 Å². The average Bonchev–Trinajstić information content (AvgIpc) is 2.40. The molecule has 0 fully saturated rings. The number of carbonyl (C=O) groups is 1. The summed E-state index contributed by atoms with van der Waals surface area (Å²) in [6.07, 6.45) is -1.02.